The van der Waals surface area contributed by atoms with Crippen LogP contribution in [0, 0.1) is 11.7 Å². The molecule has 0 spiro atoms. The van der Waals surface area contributed by atoms with E-state index in [1.54, 1.807) is 12.1 Å². The van der Waals surface area contributed by atoms with Crippen LogP contribution in [-0.4, -0.2) is 31.8 Å². The second-order valence-electron chi connectivity index (χ2n) is 5.83. The number of nitrogens with two attached hydrogens (primary N) is 1. The summed E-state index contributed by atoms with van der Waals surface area (Å²) >= 11 is 0. The molecule has 0 saturated carbocycles. The number of nitrogens with one attached hydrogen (secondary N) is 1. The zero-order valence-corrected chi connectivity index (χ0v) is 13.6. The van der Waals surface area contributed by atoms with Gasteiger partial charge in [0, 0.05) is 25.2 Å². The minimum Gasteiger partial charge on any atom is -0.490 e. The van der Waals surface area contributed by atoms with Crippen LogP contribution in [0.4, 0.5) is 4.39 Å². The first kappa shape index (κ1) is 18.0. The Morgan fingerprint density at radius 1 is 1.26 bits per heavy atom. The molecule has 3 rings (SSSR count). The Morgan fingerprint density at radius 3 is 2.74 bits per heavy atom. The van der Waals surface area contributed by atoms with E-state index in [0.717, 1.165) is 12.8 Å². The average molecular weight is 345 g/mol. The van der Waals surface area contributed by atoms with Crippen molar-refractivity contribution in [2.45, 2.75) is 31.3 Å². The molecular weight excluding hydrogens is 323 g/mol. The molecule has 1 unspecified atom stereocenters. The van der Waals surface area contributed by atoms with E-state index in [1.807, 2.05) is 0 Å². The summed E-state index contributed by atoms with van der Waals surface area (Å²) in [6, 6.07) is 3.96. The van der Waals surface area contributed by atoms with Gasteiger partial charge in [-0.2, -0.15) is 0 Å². The average Bonchev–Trinajstić information content (AvgIpc) is 2.56. The van der Waals surface area contributed by atoms with Crippen molar-refractivity contribution in [1.82, 2.24) is 5.32 Å². The van der Waals surface area contributed by atoms with Crippen molar-refractivity contribution >= 4 is 18.3 Å². The van der Waals surface area contributed by atoms with Gasteiger partial charge >= 0.3 is 0 Å². The normalized spacial score (nSPS) is 22.3. The van der Waals surface area contributed by atoms with E-state index in [4.69, 9.17) is 15.2 Å². The highest BCUT2D eigenvalue weighted by atomic mass is 35.5. The second kappa shape index (κ2) is 7.95. The molecule has 7 heteroatoms. The van der Waals surface area contributed by atoms with Crippen molar-refractivity contribution in [3.8, 4) is 5.75 Å². The smallest absolute Gasteiger partial charge is 0.237 e. The van der Waals surface area contributed by atoms with E-state index < -0.39 is 11.9 Å². The zero-order valence-electron chi connectivity index (χ0n) is 12.8. The number of benzene rings is 1. The third-order valence-electron chi connectivity index (χ3n) is 4.42. The molecule has 1 saturated heterocycles. The van der Waals surface area contributed by atoms with Gasteiger partial charge in [-0.25, -0.2) is 4.39 Å². The first-order valence-electron chi connectivity index (χ1n) is 7.71. The van der Waals surface area contributed by atoms with Crippen molar-refractivity contribution in [3.63, 3.8) is 0 Å². The van der Waals surface area contributed by atoms with E-state index in [-0.39, 0.29) is 36.0 Å². The first-order valence-corrected chi connectivity index (χ1v) is 7.71. The summed E-state index contributed by atoms with van der Waals surface area (Å²) < 4.78 is 24.4. The Balaban J connectivity index is 0.00000192. The highest BCUT2D eigenvalue weighted by Crippen LogP contribution is 2.34. The Bertz CT molecular complexity index is 552. The summed E-state index contributed by atoms with van der Waals surface area (Å²) in [6.07, 6.45) is 2.21. The van der Waals surface area contributed by atoms with Gasteiger partial charge < -0.3 is 20.5 Å². The van der Waals surface area contributed by atoms with Crippen LogP contribution in [-0.2, 0) is 9.53 Å². The lowest BCUT2D eigenvalue weighted by Crippen LogP contribution is -2.48. The van der Waals surface area contributed by atoms with Gasteiger partial charge in [0.05, 0.1) is 18.7 Å². The molecule has 2 aliphatic rings. The number of carbonyl (C=O) groups excluding carboxylic acids is 1. The van der Waals surface area contributed by atoms with Crippen LogP contribution in [0.25, 0.3) is 0 Å². The van der Waals surface area contributed by atoms with E-state index in [2.05, 4.69) is 5.32 Å². The molecule has 0 aromatic heterocycles. The fourth-order valence-corrected chi connectivity index (χ4v) is 3.09. The maximum absolute atomic E-state index is 13.8. The lowest BCUT2D eigenvalue weighted by molar-refractivity contribution is -0.125. The van der Waals surface area contributed by atoms with Crippen molar-refractivity contribution in [3.05, 3.63) is 29.6 Å². The van der Waals surface area contributed by atoms with Crippen LogP contribution >= 0.6 is 12.4 Å². The zero-order chi connectivity index (χ0) is 15.5. The molecule has 1 amide bonds. The summed E-state index contributed by atoms with van der Waals surface area (Å²) in [4.78, 5) is 12.4. The van der Waals surface area contributed by atoms with Gasteiger partial charge in [0.25, 0.3) is 0 Å². The molecule has 3 N–H and O–H groups in total. The molecule has 2 aliphatic heterocycles. The summed E-state index contributed by atoms with van der Waals surface area (Å²) in [5.74, 6) is -0.210. The molecule has 0 bridgehead atoms. The number of halogens is 2. The number of amides is 1. The molecule has 1 aromatic rings. The second-order valence-corrected chi connectivity index (χ2v) is 5.83. The van der Waals surface area contributed by atoms with Crippen molar-refractivity contribution in [2.75, 3.05) is 19.8 Å². The minimum absolute atomic E-state index is 0. The molecule has 128 valence electrons. The Labute approximate surface area is 141 Å². The monoisotopic (exact) mass is 344 g/mol. The molecule has 23 heavy (non-hydrogen) atoms. The molecule has 2 heterocycles. The van der Waals surface area contributed by atoms with Gasteiger partial charge in [-0.15, -0.1) is 12.4 Å². The van der Waals surface area contributed by atoms with E-state index in [0.29, 0.717) is 31.8 Å². The largest absolute Gasteiger partial charge is 0.490 e. The van der Waals surface area contributed by atoms with Gasteiger partial charge in [0.1, 0.15) is 0 Å². The number of rotatable bonds is 3. The summed E-state index contributed by atoms with van der Waals surface area (Å²) in [5.41, 5.74) is 6.77. The fraction of sp³-hybridized carbons (Fsp3) is 0.562. The maximum atomic E-state index is 13.8. The van der Waals surface area contributed by atoms with Crippen LogP contribution < -0.4 is 15.8 Å². The Kier molecular flexibility index (Phi) is 6.21. The summed E-state index contributed by atoms with van der Waals surface area (Å²) in [5, 5.41) is 2.95. The van der Waals surface area contributed by atoms with Crippen molar-refractivity contribution < 1.29 is 18.7 Å². The molecular formula is C16H22ClFN2O3. The topological polar surface area (TPSA) is 73.6 Å². The number of fused-ring (bicyclic) bond motifs is 1. The fourth-order valence-electron chi connectivity index (χ4n) is 3.09. The van der Waals surface area contributed by atoms with Gasteiger partial charge in [-0.3, -0.25) is 4.79 Å². The van der Waals surface area contributed by atoms with Crippen molar-refractivity contribution in [2.24, 2.45) is 11.7 Å². The van der Waals surface area contributed by atoms with Gasteiger partial charge in [0.2, 0.25) is 5.91 Å². The van der Waals surface area contributed by atoms with Crippen molar-refractivity contribution in [1.29, 1.82) is 0 Å². The minimum atomic E-state index is -0.552. The third-order valence-corrected chi connectivity index (χ3v) is 4.42. The SMILES string of the molecule is Cl.NC(C(=O)N[C@@H]1CCOc2c(F)cccc21)C1CCOCC1. The van der Waals surface area contributed by atoms with E-state index >= 15 is 0 Å². The van der Waals surface area contributed by atoms with Crippen LogP contribution in [0.2, 0.25) is 0 Å². The molecule has 2 atom stereocenters. The number of ether oxygens (including phenoxy) is 2. The number of hydrogen-bond donors (Lipinski definition) is 2. The van der Waals surface area contributed by atoms with Crippen LogP contribution in [0.5, 0.6) is 5.75 Å². The lowest BCUT2D eigenvalue weighted by Gasteiger charge is -2.31. The molecule has 1 fully saturated rings. The number of carbonyl (C=O) groups is 1. The van der Waals surface area contributed by atoms with Crippen LogP contribution in [0.3, 0.4) is 0 Å². The summed E-state index contributed by atoms with van der Waals surface area (Å²) in [7, 11) is 0. The molecule has 1 aromatic carbocycles. The van der Waals surface area contributed by atoms with E-state index in [9.17, 15) is 9.18 Å². The highest BCUT2D eigenvalue weighted by molar-refractivity contribution is 5.85. The Morgan fingerprint density at radius 2 is 2.00 bits per heavy atom. The molecule has 5 nitrogen and oxygen atoms in total. The standard InChI is InChI=1S/C16H21FN2O3.ClH/c17-12-3-1-2-11-13(6-9-22-15(11)12)19-16(20)14(18)10-4-7-21-8-5-10;/h1-3,10,13-14H,4-9,18H2,(H,19,20);1H/t13-,14?;/m1./s1. The number of para-hydroxylation sites is 1. The maximum Gasteiger partial charge on any atom is 0.237 e. The first-order chi connectivity index (χ1) is 10.7. The number of hydrogen-bond acceptors (Lipinski definition) is 4. The van der Waals surface area contributed by atoms with Crippen LogP contribution in [0.1, 0.15) is 30.9 Å². The highest BCUT2D eigenvalue weighted by Gasteiger charge is 2.30. The van der Waals surface area contributed by atoms with Gasteiger partial charge in [0.15, 0.2) is 11.6 Å². The quantitative estimate of drug-likeness (QED) is 0.879. The van der Waals surface area contributed by atoms with Crippen LogP contribution in [0.15, 0.2) is 18.2 Å². The summed E-state index contributed by atoms with van der Waals surface area (Å²) in [6.45, 7) is 1.68. The predicted octanol–water partition coefficient (Wildman–Crippen LogP) is 1.94. The van der Waals surface area contributed by atoms with E-state index in [1.165, 1.54) is 6.07 Å². The van der Waals surface area contributed by atoms with Gasteiger partial charge in [-0.1, -0.05) is 12.1 Å². The Hall–Kier alpha value is -1.37. The van der Waals surface area contributed by atoms with Gasteiger partial charge in [-0.05, 0) is 24.8 Å². The molecule has 0 radical (unpaired) electrons. The molecule has 0 aliphatic carbocycles. The lowest BCUT2D eigenvalue weighted by atomic mass is 9.91. The third kappa shape index (κ3) is 3.94. The predicted molar refractivity (Wildman–Crippen MR) is 86.2 cm³/mol.